The van der Waals surface area contributed by atoms with Crippen molar-refractivity contribution in [2.45, 2.75) is 33.7 Å². The predicted molar refractivity (Wildman–Crippen MR) is 105 cm³/mol. The molecule has 0 saturated carbocycles. The normalized spacial score (nSPS) is 15.5. The molecule has 148 valence electrons. The molecule has 9 nitrogen and oxygen atoms in total. The fourth-order valence-electron chi connectivity index (χ4n) is 3.64. The third-order valence-corrected chi connectivity index (χ3v) is 4.93. The van der Waals surface area contributed by atoms with Crippen molar-refractivity contribution < 1.29 is 4.42 Å². The van der Waals surface area contributed by atoms with Crippen LogP contribution >= 0.6 is 0 Å². The SMILES string of the molecule is Cc1nnc(CN2CCN(c3cc(CC(C)C)ccc3-c3nn[nH]n3)CC2)o1. The Morgan fingerprint density at radius 2 is 1.93 bits per heavy atom. The van der Waals surface area contributed by atoms with Crippen molar-refractivity contribution in [3.63, 3.8) is 0 Å². The van der Waals surface area contributed by atoms with E-state index in [0.717, 1.165) is 38.2 Å². The minimum absolute atomic E-state index is 0.610. The molecule has 1 fully saturated rings. The Kier molecular flexibility index (Phi) is 5.34. The number of hydrogen-bond acceptors (Lipinski definition) is 8. The van der Waals surface area contributed by atoms with E-state index in [4.69, 9.17) is 4.42 Å². The number of anilines is 1. The lowest BCUT2D eigenvalue weighted by Crippen LogP contribution is -2.46. The number of piperazine rings is 1. The average molecular weight is 382 g/mol. The van der Waals surface area contributed by atoms with E-state index in [-0.39, 0.29) is 0 Å². The van der Waals surface area contributed by atoms with Crippen LogP contribution in [0.25, 0.3) is 11.4 Å². The Hall–Kier alpha value is -2.81. The first-order valence-corrected chi connectivity index (χ1v) is 9.71. The second-order valence-corrected chi connectivity index (χ2v) is 7.66. The van der Waals surface area contributed by atoms with E-state index in [1.165, 1.54) is 11.3 Å². The van der Waals surface area contributed by atoms with Crippen LogP contribution in [0.3, 0.4) is 0 Å². The van der Waals surface area contributed by atoms with Gasteiger partial charge in [-0.25, -0.2) is 0 Å². The molecule has 0 spiro atoms. The molecule has 3 heterocycles. The molecule has 4 rings (SSSR count). The van der Waals surface area contributed by atoms with E-state index in [1.54, 1.807) is 0 Å². The van der Waals surface area contributed by atoms with Gasteiger partial charge in [-0.1, -0.05) is 19.9 Å². The minimum atomic E-state index is 0.610. The van der Waals surface area contributed by atoms with Gasteiger partial charge >= 0.3 is 0 Å². The molecule has 0 unspecified atom stereocenters. The van der Waals surface area contributed by atoms with E-state index in [9.17, 15) is 0 Å². The van der Waals surface area contributed by atoms with Gasteiger partial charge in [0, 0.05) is 44.4 Å². The van der Waals surface area contributed by atoms with Gasteiger partial charge in [0.1, 0.15) is 0 Å². The van der Waals surface area contributed by atoms with Crippen LogP contribution in [0.15, 0.2) is 22.6 Å². The number of aryl methyl sites for hydroxylation is 1. The van der Waals surface area contributed by atoms with Gasteiger partial charge in [0.15, 0.2) is 0 Å². The van der Waals surface area contributed by atoms with E-state index in [2.05, 4.69) is 72.7 Å². The third-order valence-electron chi connectivity index (χ3n) is 4.93. The maximum Gasteiger partial charge on any atom is 0.230 e. The highest BCUT2D eigenvalue weighted by molar-refractivity contribution is 5.75. The smallest absolute Gasteiger partial charge is 0.230 e. The van der Waals surface area contributed by atoms with Crippen LogP contribution < -0.4 is 4.90 Å². The first-order chi connectivity index (χ1) is 13.6. The van der Waals surface area contributed by atoms with Crippen molar-refractivity contribution >= 4 is 5.69 Å². The van der Waals surface area contributed by atoms with Gasteiger partial charge in [-0.15, -0.1) is 20.4 Å². The summed E-state index contributed by atoms with van der Waals surface area (Å²) >= 11 is 0. The zero-order valence-corrected chi connectivity index (χ0v) is 16.6. The first-order valence-electron chi connectivity index (χ1n) is 9.71. The number of hydrogen-bond donors (Lipinski definition) is 1. The van der Waals surface area contributed by atoms with Crippen molar-refractivity contribution in [3.05, 3.63) is 35.5 Å². The second-order valence-electron chi connectivity index (χ2n) is 7.66. The molecular formula is C19H26N8O. The van der Waals surface area contributed by atoms with Crippen LogP contribution in [0.1, 0.15) is 31.2 Å². The Labute approximate surface area is 164 Å². The van der Waals surface area contributed by atoms with Gasteiger partial charge in [0.25, 0.3) is 0 Å². The molecule has 0 atom stereocenters. The van der Waals surface area contributed by atoms with Gasteiger partial charge in [0.2, 0.25) is 17.6 Å². The van der Waals surface area contributed by atoms with Crippen LogP contribution in [0.4, 0.5) is 5.69 Å². The summed E-state index contributed by atoms with van der Waals surface area (Å²) in [6.07, 6.45) is 1.05. The topological polar surface area (TPSA) is 99.9 Å². The summed E-state index contributed by atoms with van der Waals surface area (Å²) < 4.78 is 5.51. The van der Waals surface area contributed by atoms with Crippen LogP contribution in [0, 0.1) is 12.8 Å². The van der Waals surface area contributed by atoms with Crippen molar-refractivity contribution in [3.8, 4) is 11.4 Å². The zero-order chi connectivity index (χ0) is 19.5. The lowest BCUT2D eigenvalue weighted by Gasteiger charge is -2.36. The molecule has 3 aromatic rings. The largest absolute Gasteiger partial charge is 0.424 e. The number of aromatic nitrogens is 6. The lowest BCUT2D eigenvalue weighted by molar-refractivity contribution is 0.225. The molecular weight excluding hydrogens is 356 g/mol. The van der Waals surface area contributed by atoms with Gasteiger partial charge in [-0.2, -0.15) is 5.21 Å². The minimum Gasteiger partial charge on any atom is -0.424 e. The van der Waals surface area contributed by atoms with Crippen LogP contribution in [-0.2, 0) is 13.0 Å². The summed E-state index contributed by atoms with van der Waals surface area (Å²) in [6, 6.07) is 6.57. The number of aromatic amines is 1. The first kappa shape index (κ1) is 18.5. The third kappa shape index (κ3) is 4.19. The molecule has 1 aliphatic rings. The van der Waals surface area contributed by atoms with Crippen molar-refractivity contribution in [2.24, 2.45) is 5.92 Å². The summed E-state index contributed by atoms with van der Waals surface area (Å²) in [6.45, 7) is 10.7. The van der Waals surface area contributed by atoms with E-state index < -0.39 is 0 Å². The number of rotatable bonds is 6. The standard InChI is InChI=1S/C19H26N8O/c1-13(2)10-15-4-5-16(19-22-24-25-23-19)17(11-15)27-8-6-26(7-9-27)12-18-21-20-14(3)28-18/h4-5,11,13H,6-10,12H2,1-3H3,(H,22,23,24,25). The Morgan fingerprint density at radius 1 is 1.11 bits per heavy atom. The Bertz CT molecular complexity index is 897. The number of H-pyrrole nitrogens is 1. The van der Waals surface area contributed by atoms with Crippen molar-refractivity contribution in [1.29, 1.82) is 0 Å². The molecule has 1 aliphatic heterocycles. The average Bonchev–Trinajstić information content (AvgIpc) is 3.34. The fourth-order valence-corrected chi connectivity index (χ4v) is 3.64. The zero-order valence-electron chi connectivity index (χ0n) is 16.6. The number of nitrogens with zero attached hydrogens (tertiary/aromatic N) is 7. The number of tetrazole rings is 1. The highest BCUT2D eigenvalue weighted by atomic mass is 16.4. The van der Waals surface area contributed by atoms with Crippen LogP contribution in [-0.4, -0.2) is 61.9 Å². The van der Waals surface area contributed by atoms with Crippen LogP contribution in [0.5, 0.6) is 0 Å². The molecule has 0 bridgehead atoms. The molecule has 28 heavy (non-hydrogen) atoms. The highest BCUT2D eigenvalue weighted by Gasteiger charge is 2.22. The predicted octanol–water partition coefficient (Wildman–Crippen LogP) is 2.08. The van der Waals surface area contributed by atoms with E-state index in [0.29, 0.717) is 30.1 Å². The van der Waals surface area contributed by atoms with Gasteiger partial charge < -0.3 is 9.32 Å². The van der Waals surface area contributed by atoms with Crippen molar-refractivity contribution in [1.82, 2.24) is 35.7 Å². The molecule has 1 N–H and O–H groups in total. The monoisotopic (exact) mass is 382 g/mol. The second kappa shape index (κ2) is 8.05. The Balaban J connectivity index is 1.51. The molecule has 2 aromatic heterocycles. The summed E-state index contributed by atoms with van der Waals surface area (Å²) in [5.41, 5.74) is 3.52. The van der Waals surface area contributed by atoms with E-state index in [1.807, 2.05) is 6.92 Å². The van der Waals surface area contributed by atoms with Gasteiger partial charge in [-0.3, -0.25) is 4.90 Å². The highest BCUT2D eigenvalue weighted by Crippen LogP contribution is 2.31. The van der Waals surface area contributed by atoms with E-state index >= 15 is 0 Å². The molecule has 0 aliphatic carbocycles. The number of benzene rings is 1. The summed E-state index contributed by atoms with van der Waals surface area (Å²) in [5, 5.41) is 22.7. The molecule has 0 radical (unpaired) electrons. The summed E-state index contributed by atoms with van der Waals surface area (Å²) in [5.74, 6) is 2.53. The van der Waals surface area contributed by atoms with Crippen molar-refractivity contribution in [2.75, 3.05) is 31.1 Å². The van der Waals surface area contributed by atoms with Gasteiger partial charge in [-0.05, 0) is 35.2 Å². The van der Waals surface area contributed by atoms with Gasteiger partial charge in [0.05, 0.1) is 6.54 Å². The molecule has 1 saturated heterocycles. The molecule has 9 heteroatoms. The lowest BCUT2D eigenvalue weighted by atomic mass is 9.99. The quantitative estimate of drug-likeness (QED) is 0.692. The number of nitrogens with one attached hydrogen (secondary N) is 1. The molecule has 1 aromatic carbocycles. The summed E-state index contributed by atoms with van der Waals surface area (Å²) in [7, 11) is 0. The Morgan fingerprint density at radius 3 is 2.57 bits per heavy atom. The fraction of sp³-hybridized carbons (Fsp3) is 0.526. The van der Waals surface area contributed by atoms with Crippen LogP contribution in [0.2, 0.25) is 0 Å². The summed E-state index contributed by atoms with van der Waals surface area (Å²) in [4.78, 5) is 4.75. The maximum absolute atomic E-state index is 5.51. The maximum atomic E-state index is 5.51. The molecule has 0 amide bonds.